The SMILES string of the molecule is NCC1(CCC2=CCCC=C2)CCN(C(=O)NCCCCCCNC(=O)N2CCC(CN)(CCc3ccccc3)CC2)CC1. The lowest BCUT2D eigenvalue weighted by molar-refractivity contribution is 0.114. The molecule has 8 heteroatoms. The van der Waals surface area contributed by atoms with E-state index >= 15 is 0 Å². The van der Waals surface area contributed by atoms with Gasteiger partial charge in [-0.1, -0.05) is 67.0 Å². The molecule has 0 radical (unpaired) electrons. The molecule has 3 aliphatic rings. The van der Waals surface area contributed by atoms with E-state index in [2.05, 4.69) is 59.2 Å². The highest BCUT2D eigenvalue weighted by Gasteiger charge is 2.35. The molecule has 2 heterocycles. The molecule has 0 atom stereocenters. The number of hydrogen-bond donors (Lipinski definition) is 4. The monoisotopic (exact) mass is 606 g/mol. The molecule has 1 aliphatic carbocycles. The van der Waals surface area contributed by atoms with E-state index in [4.69, 9.17) is 11.5 Å². The number of allylic oxidation sites excluding steroid dienone is 4. The van der Waals surface area contributed by atoms with Crippen molar-refractivity contribution in [2.45, 2.75) is 89.9 Å². The first-order valence-corrected chi connectivity index (χ1v) is 17.3. The van der Waals surface area contributed by atoms with E-state index in [1.54, 1.807) is 0 Å². The van der Waals surface area contributed by atoms with Crippen molar-refractivity contribution < 1.29 is 9.59 Å². The van der Waals surface area contributed by atoms with E-state index in [9.17, 15) is 9.59 Å². The van der Waals surface area contributed by atoms with Gasteiger partial charge in [0.05, 0.1) is 0 Å². The van der Waals surface area contributed by atoms with E-state index in [1.165, 1.54) is 11.1 Å². The summed E-state index contributed by atoms with van der Waals surface area (Å²) in [7, 11) is 0. The van der Waals surface area contributed by atoms with E-state index in [0.29, 0.717) is 26.2 Å². The number of carbonyl (C=O) groups excluding carboxylic acids is 2. The first-order chi connectivity index (χ1) is 21.5. The minimum atomic E-state index is 0.0500. The highest BCUT2D eigenvalue weighted by atomic mass is 16.2. The Labute approximate surface area is 266 Å². The molecule has 1 aromatic carbocycles. The zero-order chi connectivity index (χ0) is 31.1. The third-order valence-electron chi connectivity index (χ3n) is 10.5. The molecule has 6 N–H and O–H groups in total. The van der Waals surface area contributed by atoms with Crippen molar-refractivity contribution in [2.24, 2.45) is 22.3 Å². The van der Waals surface area contributed by atoms with Gasteiger partial charge in [0.2, 0.25) is 0 Å². The molecule has 0 saturated carbocycles. The summed E-state index contributed by atoms with van der Waals surface area (Å²) < 4.78 is 0. The number of piperidine rings is 2. The third kappa shape index (κ3) is 10.4. The molecule has 0 aromatic heterocycles. The van der Waals surface area contributed by atoms with Gasteiger partial charge in [-0.25, -0.2) is 9.59 Å². The zero-order valence-corrected chi connectivity index (χ0v) is 27.0. The minimum absolute atomic E-state index is 0.0500. The molecule has 4 rings (SSSR count). The fourth-order valence-electron chi connectivity index (χ4n) is 7.02. The predicted octanol–water partition coefficient (Wildman–Crippen LogP) is 5.74. The molecule has 2 aliphatic heterocycles. The van der Waals surface area contributed by atoms with Crippen LogP contribution in [0.1, 0.15) is 89.0 Å². The highest BCUT2D eigenvalue weighted by Crippen LogP contribution is 2.37. The number of nitrogens with one attached hydrogen (secondary N) is 2. The zero-order valence-electron chi connectivity index (χ0n) is 27.0. The molecule has 44 heavy (non-hydrogen) atoms. The Morgan fingerprint density at radius 1 is 0.705 bits per heavy atom. The number of amides is 4. The van der Waals surface area contributed by atoms with E-state index < -0.39 is 0 Å². The molecule has 244 valence electrons. The van der Waals surface area contributed by atoms with Gasteiger partial charge in [0.25, 0.3) is 0 Å². The van der Waals surface area contributed by atoms with E-state index in [0.717, 1.165) is 116 Å². The summed E-state index contributed by atoms with van der Waals surface area (Å²) in [4.78, 5) is 29.4. The number of nitrogens with zero attached hydrogens (tertiary/aromatic N) is 2. The Morgan fingerprint density at radius 2 is 1.23 bits per heavy atom. The molecule has 8 nitrogen and oxygen atoms in total. The summed E-state index contributed by atoms with van der Waals surface area (Å²) in [5.74, 6) is 0. The summed E-state index contributed by atoms with van der Waals surface area (Å²) in [6.07, 6.45) is 21.4. The normalized spacial score (nSPS) is 19.4. The molecule has 1 aromatic rings. The van der Waals surface area contributed by atoms with Gasteiger partial charge >= 0.3 is 12.1 Å². The Bertz CT molecular complexity index is 1070. The van der Waals surface area contributed by atoms with Gasteiger partial charge in [0, 0.05) is 39.3 Å². The maximum atomic E-state index is 12.7. The summed E-state index contributed by atoms with van der Waals surface area (Å²) in [6, 6.07) is 10.7. The van der Waals surface area contributed by atoms with Gasteiger partial charge in [-0.15, -0.1) is 0 Å². The molecule has 0 spiro atoms. The van der Waals surface area contributed by atoms with Crippen LogP contribution in [0, 0.1) is 10.8 Å². The number of likely N-dealkylation sites (tertiary alicyclic amines) is 2. The summed E-state index contributed by atoms with van der Waals surface area (Å²) in [5.41, 5.74) is 15.5. The number of nitrogens with two attached hydrogens (primary N) is 2. The Balaban J connectivity index is 1.01. The van der Waals surface area contributed by atoms with Crippen molar-refractivity contribution in [1.82, 2.24) is 20.4 Å². The number of carbonyl (C=O) groups is 2. The smallest absolute Gasteiger partial charge is 0.317 e. The Kier molecular flexibility index (Phi) is 13.6. The minimum Gasteiger partial charge on any atom is -0.338 e. The number of aryl methyl sites for hydroxylation is 1. The van der Waals surface area contributed by atoms with Crippen LogP contribution in [-0.2, 0) is 6.42 Å². The van der Waals surface area contributed by atoms with Gasteiger partial charge in [0.1, 0.15) is 0 Å². The van der Waals surface area contributed by atoms with Crippen LogP contribution in [0.4, 0.5) is 9.59 Å². The topological polar surface area (TPSA) is 117 Å². The highest BCUT2D eigenvalue weighted by molar-refractivity contribution is 5.74. The Morgan fingerprint density at radius 3 is 1.70 bits per heavy atom. The van der Waals surface area contributed by atoms with Crippen LogP contribution in [0.2, 0.25) is 0 Å². The average molecular weight is 607 g/mol. The van der Waals surface area contributed by atoms with Crippen molar-refractivity contribution in [2.75, 3.05) is 52.4 Å². The fourth-order valence-corrected chi connectivity index (χ4v) is 7.02. The molecular weight excluding hydrogens is 548 g/mol. The lowest BCUT2D eigenvalue weighted by Crippen LogP contribution is -2.49. The van der Waals surface area contributed by atoms with Crippen molar-refractivity contribution >= 4 is 12.1 Å². The molecule has 0 bridgehead atoms. The van der Waals surface area contributed by atoms with Gasteiger partial charge in [-0.05, 0) is 107 Å². The summed E-state index contributed by atoms with van der Waals surface area (Å²) in [6.45, 7) is 5.90. The maximum absolute atomic E-state index is 12.7. The molecular formula is C36H58N6O2. The summed E-state index contributed by atoms with van der Waals surface area (Å²) in [5, 5.41) is 6.23. The second-order valence-electron chi connectivity index (χ2n) is 13.5. The second kappa shape index (κ2) is 17.6. The number of rotatable bonds is 15. The molecule has 2 fully saturated rings. The maximum Gasteiger partial charge on any atom is 0.317 e. The van der Waals surface area contributed by atoms with Crippen molar-refractivity contribution in [1.29, 1.82) is 0 Å². The average Bonchev–Trinajstić information content (AvgIpc) is 3.08. The van der Waals surface area contributed by atoms with E-state index in [1.807, 2.05) is 9.80 Å². The summed E-state index contributed by atoms with van der Waals surface area (Å²) >= 11 is 0. The van der Waals surface area contributed by atoms with Crippen LogP contribution < -0.4 is 22.1 Å². The third-order valence-corrected chi connectivity index (χ3v) is 10.5. The van der Waals surface area contributed by atoms with E-state index in [-0.39, 0.29) is 22.9 Å². The first kappa shape index (κ1) is 34.0. The number of urea groups is 2. The number of benzene rings is 1. The Hall–Kier alpha value is -2.84. The molecule has 2 saturated heterocycles. The fraction of sp³-hybridized carbons (Fsp3) is 0.667. The van der Waals surface area contributed by atoms with Gasteiger partial charge < -0.3 is 31.9 Å². The molecule has 4 amide bonds. The van der Waals surface area contributed by atoms with Gasteiger partial charge in [0.15, 0.2) is 0 Å². The van der Waals surface area contributed by atoms with Crippen molar-refractivity contribution in [3.8, 4) is 0 Å². The van der Waals surface area contributed by atoms with Crippen LogP contribution >= 0.6 is 0 Å². The number of unbranched alkanes of at least 4 members (excludes halogenated alkanes) is 3. The number of hydrogen-bond acceptors (Lipinski definition) is 4. The predicted molar refractivity (Wildman–Crippen MR) is 180 cm³/mol. The van der Waals surface area contributed by atoms with Crippen LogP contribution in [0.3, 0.4) is 0 Å². The van der Waals surface area contributed by atoms with Gasteiger partial charge in [-0.2, -0.15) is 0 Å². The quantitative estimate of drug-likeness (QED) is 0.191. The van der Waals surface area contributed by atoms with Crippen LogP contribution in [0.15, 0.2) is 54.1 Å². The standard InChI is InChI=1S/C36H58N6O2/c37-29-35(17-15-31-11-5-3-6-12-31)19-25-41(26-20-35)33(43)39-23-9-1-2-10-24-40-34(44)42-27-21-36(30-38,22-28-42)18-16-32-13-7-4-8-14-32/h3,5-7,11-14H,1-2,4,8-10,15-30,37-38H2,(H,39,43)(H,40,44). The van der Waals surface area contributed by atoms with Gasteiger partial charge in [-0.3, -0.25) is 0 Å². The van der Waals surface area contributed by atoms with Crippen LogP contribution in [0.5, 0.6) is 0 Å². The first-order valence-electron chi connectivity index (χ1n) is 17.3. The van der Waals surface area contributed by atoms with Crippen LogP contribution in [-0.4, -0.2) is 74.2 Å². The molecule has 0 unspecified atom stereocenters. The lowest BCUT2D eigenvalue weighted by atomic mass is 9.74. The largest absolute Gasteiger partial charge is 0.338 e. The van der Waals surface area contributed by atoms with Crippen molar-refractivity contribution in [3.63, 3.8) is 0 Å². The lowest BCUT2D eigenvalue weighted by Gasteiger charge is -2.41. The second-order valence-corrected chi connectivity index (χ2v) is 13.5. The van der Waals surface area contributed by atoms with Crippen LogP contribution in [0.25, 0.3) is 0 Å². The van der Waals surface area contributed by atoms with Crippen molar-refractivity contribution in [3.05, 3.63) is 59.7 Å².